The maximum absolute atomic E-state index is 11.7. The Labute approximate surface area is 112 Å². The van der Waals surface area contributed by atoms with E-state index >= 15 is 0 Å². The van der Waals surface area contributed by atoms with Gasteiger partial charge in [-0.25, -0.2) is 4.98 Å². The van der Waals surface area contributed by atoms with E-state index in [4.69, 9.17) is 4.74 Å². The van der Waals surface area contributed by atoms with Crippen LogP contribution in [0, 0.1) is 0 Å². The summed E-state index contributed by atoms with van der Waals surface area (Å²) in [7, 11) is 0. The molecule has 0 spiro atoms. The standard InChI is InChI=1S/C13H20N2O2S/c1-9(2)13-15-10(8-18-13)6-12(16)14-7-11-4-3-5-17-11/h8-9,11H,3-7H2,1-2H3,(H,14,16)/t11-/m1/s1. The number of nitrogens with one attached hydrogen (secondary N) is 1. The maximum atomic E-state index is 11.7. The summed E-state index contributed by atoms with van der Waals surface area (Å²) < 4.78 is 5.46. The van der Waals surface area contributed by atoms with Gasteiger partial charge in [0.1, 0.15) is 0 Å². The molecule has 18 heavy (non-hydrogen) atoms. The molecule has 0 radical (unpaired) electrons. The van der Waals surface area contributed by atoms with E-state index in [9.17, 15) is 4.79 Å². The number of carbonyl (C=O) groups excluding carboxylic acids is 1. The lowest BCUT2D eigenvalue weighted by Crippen LogP contribution is -2.32. The van der Waals surface area contributed by atoms with Gasteiger partial charge in [0, 0.05) is 24.4 Å². The molecule has 1 aliphatic heterocycles. The van der Waals surface area contributed by atoms with Gasteiger partial charge in [0.2, 0.25) is 5.91 Å². The van der Waals surface area contributed by atoms with Gasteiger partial charge in [-0.3, -0.25) is 4.79 Å². The molecule has 0 bridgehead atoms. The Morgan fingerprint density at radius 1 is 1.67 bits per heavy atom. The van der Waals surface area contributed by atoms with E-state index in [1.54, 1.807) is 11.3 Å². The first-order chi connectivity index (χ1) is 8.65. The number of aromatic nitrogens is 1. The molecule has 1 fully saturated rings. The zero-order valence-electron chi connectivity index (χ0n) is 10.9. The molecule has 4 nitrogen and oxygen atoms in total. The highest BCUT2D eigenvalue weighted by atomic mass is 32.1. The number of thiazole rings is 1. The molecule has 1 atom stereocenters. The van der Waals surface area contributed by atoms with Crippen molar-refractivity contribution in [1.29, 1.82) is 0 Å². The van der Waals surface area contributed by atoms with E-state index in [1.807, 2.05) is 5.38 Å². The van der Waals surface area contributed by atoms with E-state index in [1.165, 1.54) is 0 Å². The van der Waals surface area contributed by atoms with Crippen LogP contribution in [0.25, 0.3) is 0 Å². The van der Waals surface area contributed by atoms with Crippen LogP contribution in [-0.4, -0.2) is 30.1 Å². The summed E-state index contributed by atoms with van der Waals surface area (Å²) in [5, 5.41) is 5.98. The number of amides is 1. The van der Waals surface area contributed by atoms with Crippen molar-refractivity contribution in [2.24, 2.45) is 0 Å². The van der Waals surface area contributed by atoms with Crippen molar-refractivity contribution in [3.8, 4) is 0 Å². The van der Waals surface area contributed by atoms with E-state index in [2.05, 4.69) is 24.1 Å². The number of rotatable bonds is 5. The third kappa shape index (κ3) is 3.78. The van der Waals surface area contributed by atoms with Gasteiger partial charge in [-0.1, -0.05) is 13.8 Å². The van der Waals surface area contributed by atoms with Crippen LogP contribution in [0.5, 0.6) is 0 Å². The van der Waals surface area contributed by atoms with Gasteiger partial charge >= 0.3 is 0 Å². The van der Waals surface area contributed by atoms with Gasteiger partial charge in [-0.15, -0.1) is 11.3 Å². The summed E-state index contributed by atoms with van der Waals surface area (Å²) in [6.07, 6.45) is 2.73. The number of ether oxygens (including phenoxy) is 1. The Bertz CT molecular complexity index is 397. The van der Waals surface area contributed by atoms with Crippen molar-refractivity contribution < 1.29 is 9.53 Å². The fourth-order valence-electron chi connectivity index (χ4n) is 1.93. The van der Waals surface area contributed by atoms with Crippen LogP contribution in [0.2, 0.25) is 0 Å². The van der Waals surface area contributed by atoms with Gasteiger partial charge in [-0.2, -0.15) is 0 Å². The monoisotopic (exact) mass is 268 g/mol. The molecule has 5 heteroatoms. The van der Waals surface area contributed by atoms with Gasteiger partial charge in [-0.05, 0) is 12.8 Å². The Morgan fingerprint density at radius 3 is 3.11 bits per heavy atom. The molecule has 0 aliphatic carbocycles. The van der Waals surface area contributed by atoms with Crippen LogP contribution < -0.4 is 5.32 Å². The second-order valence-corrected chi connectivity index (χ2v) is 5.84. The predicted octanol–water partition coefficient (Wildman–Crippen LogP) is 2.10. The molecular weight excluding hydrogens is 248 g/mol. The highest BCUT2D eigenvalue weighted by Crippen LogP contribution is 2.19. The third-order valence-corrected chi connectivity index (χ3v) is 4.15. The molecule has 0 aromatic carbocycles. The van der Waals surface area contributed by atoms with Crippen LogP contribution >= 0.6 is 11.3 Å². The molecule has 1 aromatic rings. The van der Waals surface area contributed by atoms with Crippen molar-refractivity contribution in [3.05, 3.63) is 16.1 Å². The van der Waals surface area contributed by atoms with Gasteiger partial charge in [0.05, 0.1) is 23.2 Å². The normalized spacial score (nSPS) is 19.4. The van der Waals surface area contributed by atoms with Crippen LogP contribution in [-0.2, 0) is 16.0 Å². The second-order valence-electron chi connectivity index (χ2n) is 4.95. The van der Waals surface area contributed by atoms with Gasteiger partial charge in [0.25, 0.3) is 0 Å². The van der Waals surface area contributed by atoms with E-state index < -0.39 is 0 Å². The summed E-state index contributed by atoms with van der Waals surface area (Å²) in [6.45, 7) is 5.67. The maximum Gasteiger partial charge on any atom is 0.226 e. The molecule has 1 amide bonds. The molecule has 1 N–H and O–H groups in total. The van der Waals surface area contributed by atoms with Gasteiger partial charge < -0.3 is 10.1 Å². The molecule has 0 unspecified atom stereocenters. The van der Waals surface area contributed by atoms with E-state index in [-0.39, 0.29) is 12.0 Å². The Hall–Kier alpha value is -0.940. The summed E-state index contributed by atoms with van der Waals surface area (Å²) in [6, 6.07) is 0. The number of hydrogen-bond donors (Lipinski definition) is 1. The lowest BCUT2D eigenvalue weighted by atomic mass is 10.2. The van der Waals surface area contributed by atoms with Crippen molar-refractivity contribution >= 4 is 17.2 Å². The number of nitrogens with zero attached hydrogens (tertiary/aromatic N) is 1. The Kier molecular flexibility index (Phi) is 4.72. The van der Waals surface area contributed by atoms with Crippen LogP contribution in [0.1, 0.15) is 43.3 Å². The molecule has 1 aromatic heterocycles. The predicted molar refractivity (Wildman–Crippen MR) is 71.9 cm³/mol. The average Bonchev–Trinajstić information content (AvgIpc) is 2.96. The number of hydrogen-bond acceptors (Lipinski definition) is 4. The van der Waals surface area contributed by atoms with Crippen LogP contribution in [0.3, 0.4) is 0 Å². The fourth-order valence-corrected chi connectivity index (χ4v) is 2.76. The third-order valence-electron chi connectivity index (χ3n) is 2.96. The molecule has 2 heterocycles. The van der Waals surface area contributed by atoms with E-state index in [0.29, 0.717) is 18.9 Å². The SMILES string of the molecule is CC(C)c1nc(CC(=O)NC[C@H]2CCCO2)cs1. The Morgan fingerprint density at radius 2 is 2.50 bits per heavy atom. The quantitative estimate of drug-likeness (QED) is 0.889. The van der Waals surface area contributed by atoms with Crippen LogP contribution in [0.15, 0.2) is 5.38 Å². The summed E-state index contributed by atoms with van der Waals surface area (Å²) in [5.74, 6) is 0.463. The second kappa shape index (κ2) is 6.29. The summed E-state index contributed by atoms with van der Waals surface area (Å²) in [5.41, 5.74) is 0.869. The molecule has 2 rings (SSSR count). The van der Waals surface area contributed by atoms with Crippen molar-refractivity contribution in [3.63, 3.8) is 0 Å². The molecule has 1 saturated heterocycles. The van der Waals surface area contributed by atoms with Crippen molar-refractivity contribution in [1.82, 2.24) is 10.3 Å². The lowest BCUT2D eigenvalue weighted by molar-refractivity contribution is -0.121. The first kappa shape index (κ1) is 13.5. The molecule has 1 aliphatic rings. The summed E-state index contributed by atoms with van der Waals surface area (Å²) >= 11 is 1.63. The van der Waals surface area contributed by atoms with Gasteiger partial charge in [0.15, 0.2) is 0 Å². The molecule has 0 saturated carbocycles. The summed E-state index contributed by atoms with van der Waals surface area (Å²) in [4.78, 5) is 16.2. The minimum absolute atomic E-state index is 0.0334. The smallest absolute Gasteiger partial charge is 0.226 e. The molecular formula is C13H20N2O2S. The zero-order valence-corrected chi connectivity index (χ0v) is 11.8. The largest absolute Gasteiger partial charge is 0.376 e. The zero-order chi connectivity index (χ0) is 13.0. The Balaban J connectivity index is 1.75. The van der Waals surface area contributed by atoms with Crippen LogP contribution in [0.4, 0.5) is 0 Å². The molecule has 100 valence electrons. The number of carbonyl (C=O) groups is 1. The van der Waals surface area contributed by atoms with Crippen molar-refractivity contribution in [2.75, 3.05) is 13.2 Å². The van der Waals surface area contributed by atoms with Crippen molar-refractivity contribution in [2.45, 2.75) is 45.1 Å². The lowest BCUT2D eigenvalue weighted by Gasteiger charge is -2.10. The highest BCUT2D eigenvalue weighted by molar-refractivity contribution is 7.09. The minimum Gasteiger partial charge on any atom is -0.376 e. The first-order valence-electron chi connectivity index (χ1n) is 6.47. The van der Waals surface area contributed by atoms with E-state index in [0.717, 1.165) is 30.2 Å². The first-order valence-corrected chi connectivity index (χ1v) is 7.35. The average molecular weight is 268 g/mol. The minimum atomic E-state index is 0.0334. The highest BCUT2D eigenvalue weighted by Gasteiger charge is 2.16. The topological polar surface area (TPSA) is 51.2 Å². The fraction of sp³-hybridized carbons (Fsp3) is 0.692.